The predicted molar refractivity (Wildman–Crippen MR) is 96.7 cm³/mol. The molecule has 0 bridgehead atoms. The van der Waals surface area contributed by atoms with Crippen LogP contribution < -0.4 is 4.74 Å². The Bertz CT molecular complexity index is 684. The van der Waals surface area contributed by atoms with E-state index in [0.717, 1.165) is 31.2 Å². The van der Waals surface area contributed by atoms with E-state index in [1.807, 2.05) is 39.0 Å². The minimum Gasteiger partial charge on any atom is -0.424 e. The monoisotopic (exact) mass is 360 g/mol. The van der Waals surface area contributed by atoms with E-state index >= 15 is 0 Å². The molecular weight excluding hydrogens is 332 g/mol. The average Bonchev–Trinajstić information content (AvgIpc) is 2.59. The van der Waals surface area contributed by atoms with Crippen LogP contribution in [0.2, 0.25) is 0 Å². The minimum atomic E-state index is -1.76. The molecule has 3 rings (SSSR count). The van der Waals surface area contributed by atoms with Gasteiger partial charge in [-0.15, -0.1) is 0 Å². The summed E-state index contributed by atoms with van der Waals surface area (Å²) in [6.45, 7) is 6.84. The van der Waals surface area contributed by atoms with Crippen LogP contribution in [0.4, 0.5) is 0 Å². The van der Waals surface area contributed by atoms with E-state index in [0.29, 0.717) is 5.75 Å². The normalized spacial score (nSPS) is 26.9. The topological polar surface area (TPSA) is 61.8 Å². The molecule has 0 saturated heterocycles. The molecule has 0 amide bonds. The molecule has 0 spiro atoms. The highest BCUT2D eigenvalue weighted by molar-refractivity contribution is 6.09. The van der Waals surface area contributed by atoms with E-state index in [2.05, 4.69) is 0 Å². The molecule has 0 radical (unpaired) electrons. The second-order valence-electron chi connectivity index (χ2n) is 8.37. The van der Waals surface area contributed by atoms with Gasteiger partial charge in [0.25, 0.3) is 5.60 Å². The highest BCUT2D eigenvalue weighted by atomic mass is 17.2. The first kappa shape index (κ1) is 19.1. The van der Waals surface area contributed by atoms with Gasteiger partial charge in [-0.1, -0.05) is 37.5 Å². The number of hydrogen-bond acceptors (Lipinski definition) is 5. The van der Waals surface area contributed by atoms with Gasteiger partial charge in [0.2, 0.25) is 0 Å². The largest absolute Gasteiger partial charge is 0.424 e. The van der Waals surface area contributed by atoms with Gasteiger partial charge in [0.1, 0.15) is 5.75 Å². The number of ether oxygens (including phenoxy) is 1. The number of esters is 1. The van der Waals surface area contributed by atoms with Crippen molar-refractivity contribution in [1.82, 2.24) is 0 Å². The van der Waals surface area contributed by atoms with Crippen molar-refractivity contribution in [2.24, 2.45) is 5.92 Å². The standard InChI is InChI=1S/C21H28O5/c1-14(22)21(26-25-20(2,3)4)18(15-10-6-5-7-11-15)16-12-8-9-13-17(16)24-19(21)23/h8-9,12-13,15,18H,5-7,10-11H2,1-4H3. The molecule has 1 aliphatic heterocycles. The number of carbonyl (C=O) groups excluding carboxylic acids is 2. The van der Waals surface area contributed by atoms with Crippen LogP contribution in [0.5, 0.6) is 5.75 Å². The first-order valence-corrected chi connectivity index (χ1v) is 9.45. The van der Waals surface area contributed by atoms with Crippen LogP contribution in [-0.2, 0) is 19.4 Å². The molecule has 142 valence electrons. The fourth-order valence-electron chi connectivity index (χ4n) is 4.10. The van der Waals surface area contributed by atoms with Crippen molar-refractivity contribution in [2.75, 3.05) is 0 Å². The van der Waals surface area contributed by atoms with Crippen LogP contribution >= 0.6 is 0 Å². The van der Waals surface area contributed by atoms with E-state index in [1.165, 1.54) is 13.3 Å². The number of fused-ring (bicyclic) bond motifs is 1. The molecule has 1 heterocycles. The Balaban J connectivity index is 2.11. The molecular formula is C21H28O5. The van der Waals surface area contributed by atoms with Gasteiger partial charge >= 0.3 is 5.97 Å². The van der Waals surface area contributed by atoms with Crippen LogP contribution in [0.15, 0.2) is 24.3 Å². The maximum Gasteiger partial charge on any atom is 0.355 e. The van der Waals surface area contributed by atoms with Crippen LogP contribution in [0, 0.1) is 5.92 Å². The zero-order valence-electron chi connectivity index (χ0n) is 16.0. The third-order valence-corrected chi connectivity index (χ3v) is 5.27. The summed E-state index contributed by atoms with van der Waals surface area (Å²) >= 11 is 0. The van der Waals surface area contributed by atoms with Crippen LogP contribution in [0.25, 0.3) is 0 Å². The number of carbonyl (C=O) groups is 2. The highest BCUT2D eigenvalue weighted by Crippen LogP contribution is 2.51. The Morgan fingerprint density at radius 3 is 2.42 bits per heavy atom. The summed E-state index contributed by atoms with van der Waals surface area (Å²) in [6.07, 6.45) is 5.28. The highest BCUT2D eigenvalue weighted by Gasteiger charge is 2.61. The molecule has 1 fully saturated rings. The summed E-state index contributed by atoms with van der Waals surface area (Å²) in [6, 6.07) is 7.44. The molecule has 2 unspecified atom stereocenters. The second-order valence-corrected chi connectivity index (χ2v) is 8.37. The van der Waals surface area contributed by atoms with Gasteiger partial charge in [-0.3, -0.25) is 4.79 Å². The molecule has 26 heavy (non-hydrogen) atoms. The van der Waals surface area contributed by atoms with Crippen molar-refractivity contribution in [3.05, 3.63) is 29.8 Å². The summed E-state index contributed by atoms with van der Waals surface area (Å²) in [5.74, 6) is -0.769. The average molecular weight is 360 g/mol. The van der Waals surface area contributed by atoms with E-state index < -0.39 is 23.1 Å². The number of benzene rings is 1. The van der Waals surface area contributed by atoms with Gasteiger partial charge in [0, 0.05) is 11.5 Å². The summed E-state index contributed by atoms with van der Waals surface area (Å²) in [7, 11) is 0. The zero-order chi connectivity index (χ0) is 18.9. The van der Waals surface area contributed by atoms with Crippen molar-refractivity contribution in [3.8, 4) is 5.75 Å². The smallest absolute Gasteiger partial charge is 0.355 e. The fraction of sp³-hybridized carbons (Fsp3) is 0.619. The Kier molecular flexibility index (Phi) is 5.22. The minimum absolute atomic E-state index is 0.171. The molecule has 5 nitrogen and oxygen atoms in total. The van der Waals surface area contributed by atoms with Crippen molar-refractivity contribution < 1.29 is 24.1 Å². The molecule has 0 aromatic heterocycles. The molecule has 5 heteroatoms. The first-order valence-electron chi connectivity index (χ1n) is 9.45. The third-order valence-electron chi connectivity index (χ3n) is 5.27. The van der Waals surface area contributed by atoms with Gasteiger partial charge in [0.05, 0.1) is 5.60 Å². The maximum atomic E-state index is 13.0. The molecule has 1 aliphatic carbocycles. The van der Waals surface area contributed by atoms with E-state index in [4.69, 9.17) is 14.5 Å². The third kappa shape index (κ3) is 3.42. The van der Waals surface area contributed by atoms with Crippen molar-refractivity contribution >= 4 is 11.8 Å². The molecule has 0 N–H and O–H groups in total. The van der Waals surface area contributed by atoms with Gasteiger partial charge in [0.15, 0.2) is 5.78 Å². The van der Waals surface area contributed by atoms with E-state index in [1.54, 1.807) is 6.07 Å². The number of Topliss-reactive ketones (excluding diaryl/α,β-unsaturated/α-hetero) is 1. The molecule has 1 aromatic rings. The van der Waals surface area contributed by atoms with Gasteiger partial charge < -0.3 is 4.74 Å². The number of hydrogen-bond donors (Lipinski definition) is 0. The predicted octanol–water partition coefficient (Wildman–Crippen LogP) is 4.34. The fourth-order valence-corrected chi connectivity index (χ4v) is 4.10. The maximum absolute atomic E-state index is 13.0. The van der Waals surface area contributed by atoms with E-state index in [-0.39, 0.29) is 11.7 Å². The summed E-state index contributed by atoms with van der Waals surface area (Å²) in [4.78, 5) is 37.1. The summed E-state index contributed by atoms with van der Waals surface area (Å²) in [5, 5.41) is 0. The summed E-state index contributed by atoms with van der Waals surface area (Å²) in [5.41, 5.74) is -1.56. The Labute approximate surface area is 154 Å². The SMILES string of the molecule is CC(=O)C1(OOC(C)(C)C)C(=O)Oc2ccccc2C1C1CCCCC1. The summed E-state index contributed by atoms with van der Waals surface area (Å²) < 4.78 is 5.53. The van der Waals surface area contributed by atoms with Gasteiger partial charge in [-0.05, 0) is 52.5 Å². The lowest BCUT2D eigenvalue weighted by atomic mass is 9.66. The number of rotatable bonds is 4. The van der Waals surface area contributed by atoms with E-state index in [9.17, 15) is 9.59 Å². The van der Waals surface area contributed by atoms with Gasteiger partial charge in [-0.2, -0.15) is 0 Å². The zero-order valence-corrected chi connectivity index (χ0v) is 16.0. The lowest BCUT2D eigenvalue weighted by Gasteiger charge is -2.44. The first-order chi connectivity index (χ1) is 12.3. The Morgan fingerprint density at radius 2 is 1.81 bits per heavy atom. The molecule has 1 saturated carbocycles. The van der Waals surface area contributed by atoms with Crippen molar-refractivity contribution in [1.29, 1.82) is 0 Å². The lowest BCUT2D eigenvalue weighted by molar-refractivity contribution is -0.392. The lowest BCUT2D eigenvalue weighted by Crippen LogP contribution is -2.59. The molecule has 2 aliphatic rings. The Morgan fingerprint density at radius 1 is 1.15 bits per heavy atom. The molecule has 1 aromatic carbocycles. The Hall–Kier alpha value is -1.72. The van der Waals surface area contributed by atoms with Crippen LogP contribution in [0.3, 0.4) is 0 Å². The number of ketones is 1. The quantitative estimate of drug-likeness (QED) is 0.263. The second kappa shape index (κ2) is 7.12. The van der Waals surface area contributed by atoms with Gasteiger partial charge in [-0.25, -0.2) is 14.6 Å². The van der Waals surface area contributed by atoms with Crippen molar-refractivity contribution in [2.45, 2.75) is 76.9 Å². The van der Waals surface area contributed by atoms with Crippen LogP contribution in [0.1, 0.15) is 71.3 Å². The number of para-hydroxylation sites is 1. The van der Waals surface area contributed by atoms with Crippen molar-refractivity contribution in [3.63, 3.8) is 0 Å². The van der Waals surface area contributed by atoms with Crippen LogP contribution in [-0.4, -0.2) is 23.0 Å². The molecule has 2 atom stereocenters.